The second kappa shape index (κ2) is 7.99. The van der Waals surface area contributed by atoms with Crippen molar-refractivity contribution in [3.05, 3.63) is 34.9 Å². The van der Waals surface area contributed by atoms with Gasteiger partial charge in [-0.2, -0.15) is 0 Å². The number of ether oxygens (including phenoxy) is 1. The third-order valence-electron chi connectivity index (χ3n) is 2.96. The summed E-state index contributed by atoms with van der Waals surface area (Å²) in [5.74, 6) is 6.11. The first-order chi connectivity index (χ1) is 9.11. The molecule has 6 heteroatoms. The van der Waals surface area contributed by atoms with Crippen LogP contribution in [0.3, 0.4) is 0 Å². The van der Waals surface area contributed by atoms with Crippen molar-refractivity contribution >= 4 is 17.6 Å². The van der Waals surface area contributed by atoms with Crippen molar-refractivity contribution in [3.63, 3.8) is 0 Å². The number of hydrogen-bond acceptors (Lipinski definition) is 3. The number of aliphatic imine (C=N–C) groups is 1. The maximum Gasteiger partial charge on any atom is 0.208 e. The fraction of sp³-hybridized carbons (Fsp3) is 0.462. The third kappa shape index (κ3) is 4.38. The normalized spacial score (nSPS) is 13.2. The molecule has 0 saturated carbocycles. The third-order valence-corrected chi connectivity index (χ3v) is 3.30. The zero-order valence-corrected chi connectivity index (χ0v) is 12.3. The Bertz CT molecular complexity index is 425. The summed E-state index contributed by atoms with van der Waals surface area (Å²) >= 11 is 6.20. The summed E-state index contributed by atoms with van der Waals surface area (Å²) in [6.07, 6.45) is 0. The molecule has 1 rings (SSSR count). The molecule has 1 unspecified atom stereocenters. The summed E-state index contributed by atoms with van der Waals surface area (Å²) in [4.78, 5) is 6.29. The van der Waals surface area contributed by atoms with Crippen LogP contribution < -0.4 is 11.3 Å². The van der Waals surface area contributed by atoms with E-state index < -0.39 is 0 Å². The smallest absolute Gasteiger partial charge is 0.208 e. The Morgan fingerprint density at radius 1 is 1.53 bits per heavy atom. The number of methoxy groups -OCH3 is 1. The molecule has 0 aliphatic rings. The monoisotopic (exact) mass is 284 g/mol. The van der Waals surface area contributed by atoms with Gasteiger partial charge in [-0.05, 0) is 18.6 Å². The van der Waals surface area contributed by atoms with Gasteiger partial charge in [-0.3, -0.25) is 5.43 Å². The van der Waals surface area contributed by atoms with Crippen LogP contribution in [0.15, 0.2) is 29.3 Å². The summed E-state index contributed by atoms with van der Waals surface area (Å²) < 4.78 is 4.97. The molecule has 0 fully saturated rings. The summed E-state index contributed by atoms with van der Waals surface area (Å²) in [6.45, 7) is 3.15. The van der Waals surface area contributed by atoms with Crippen molar-refractivity contribution < 1.29 is 4.74 Å². The number of nitrogens with two attached hydrogens (primary N) is 1. The van der Waals surface area contributed by atoms with E-state index in [0.717, 1.165) is 10.6 Å². The molecule has 1 atom stereocenters. The van der Waals surface area contributed by atoms with Crippen LogP contribution in [-0.2, 0) is 4.74 Å². The Balaban J connectivity index is 2.82. The fourth-order valence-electron chi connectivity index (χ4n) is 1.71. The van der Waals surface area contributed by atoms with Crippen LogP contribution >= 0.6 is 11.6 Å². The maximum absolute atomic E-state index is 6.20. The Labute approximate surface area is 119 Å². The highest BCUT2D eigenvalue weighted by molar-refractivity contribution is 6.31. The lowest BCUT2D eigenvalue weighted by molar-refractivity contribution is 0.207. The number of halogens is 1. The Kier molecular flexibility index (Phi) is 6.62. The first-order valence-electron chi connectivity index (χ1n) is 6.09. The second-order valence-electron chi connectivity index (χ2n) is 4.15. The minimum Gasteiger partial charge on any atom is -0.383 e. The molecule has 0 saturated heterocycles. The van der Waals surface area contributed by atoms with E-state index in [0.29, 0.717) is 19.1 Å². The average molecular weight is 285 g/mol. The van der Waals surface area contributed by atoms with Crippen LogP contribution in [0.25, 0.3) is 0 Å². The Hall–Kier alpha value is -1.30. The van der Waals surface area contributed by atoms with Crippen LogP contribution in [0.2, 0.25) is 5.02 Å². The predicted octanol–water partition coefficient (Wildman–Crippen LogP) is 1.80. The summed E-state index contributed by atoms with van der Waals surface area (Å²) in [5, 5.41) is 0.732. The fourth-order valence-corrected chi connectivity index (χ4v) is 2.00. The molecule has 0 spiro atoms. The molecule has 1 aromatic carbocycles. The first kappa shape index (κ1) is 15.8. The molecule has 0 bridgehead atoms. The van der Waals surface area contributed by atoms with Crippen molar-refractivity contribution in [1.82, 2.24) is 10.3 Å². The molecular weight excluding hydrogens is 264 g/mol. The molecule has 0 amide bonds. The van der Waals surface area contributed by atoms with E-state index in [2.05, 4.69) is 10.4 Å². The van der Waals surface area contributed by atoms with Gasteiger partial charge >= 0.3 is 0 Å². The van der Waals surface area contributed by atoms with Gasteiger partial charge in [-0.15, -0.1) is 0 Å². The van der Waals surface area contributed by atoms with Crippen LogP contribution in [0, 0.1) is 0 Å². The van der Waals surface area contributed by atoms with E-state index in [1.807, 2.05) is 43.1 Å². The molecule has 0 aliphatic carbocycles. The first-order valence-corrected chi connectivity index (χ1v) is 6.46. The van der Waals surface area contributed by atoms with Crippen molar-refractivity contribution in [2.45, 2.75) is 13.0 Å². The van der Waals surface area contributed by atoms with E-state index in [1.165, 1.54) is 0 Å². The highest BCUT2D eigenvalue weighted by Crippen LogP contribution is 2.25. The van der Waals surface area contributed by atoms with Gasteiger partial charge in [-0.25, -0.2) is 10.8 Å². The minimum absolute atomic E-state index is 0.0612. The van der Waals surface area contributed by atoms with Crippen LogP contribution in [0.5, 0.6) is 0 Å². The molecule has 3 N–H and O–H groups in total. The van der Waals surface area contributed by atoms with Crippen LogP contribution in [0.4, 0.5) is 0 Å². The quantitative estimate of drug-likeness (QED) is 0.285. The van der Waals surface area contributed by atoms with Crippen molar-refractivity contribution in [3.8, 4) is 0 Å². The number of hydrazine groups is 1. The largest absolute Gasteiger partial charge is 0.383 e. The van der Waals surface area contributed by atoms with Crippen molar-refractivity contribution in [2.75, 3.05) is 27.3 Å². The number of guanidine groups is 1. The van der Waals surface area contributed by atoms with Crippen molar-refractivity contribution in [1.29, 1.82) is 0 Å². The molecule has 0 heterocycles. The van der Waals surface area contributed by atoms with E-state index in [4.69, 9.17) is 22.2 Å². The molecule has 0 radical (unpaired) electrons. The number of rotatable bonds is 5. The highest BCUT2D eigenvalue weighted by atomic mass is 35.5. The van der Waals surface area contributed by atoms with Gasteiger partial charge in [-0.1, -0.05) is 29.8 Å². The predicted molar refractivity (Wildman–Crippen MR) is 79.1 cm³/mol. The zero-order chi connectivity index (χ0) is 14.3. The average Bonchev–Trinajstić information content (AvgIpc) is 2.43. The van der Waals surface area contributed by atoms with E-state index in [1.54, 1.807) is 7.11 Å². The van der Waals surface area contributed by atoms with Gasteiger partial charge in [0.25, 0.3) is 0 Å². The lowest BCUT2D eigenvalue weighted by Gasteiger charge is -2.28. The summed E-state index contributed by atoms with van der Waals surface area (Å²) in [7, 11) is 3.56. The van der Waals surface area contributed by atoms with E-state index in [-0.39, 0.29) is 6.04 Å². The molecular formula is C13H21ClN4O. The van der Waals surface area contributed by atoms with Gasteiger partial charge in [0.05, 0.1) is 19.2 Å². The summed E-state index contributed by atoms with van der Waals surface area (Å²) in [5.41, 5.74) is 3.64. The van der Waals surface area contributed by atoms with Crippen LogP contribution in [0.1, 0.15) is 18.5 Å². The van der Waals surface area contributed by atoms with Crippen molar-refractivity contribution in [2.24, 2.45) is 10.8 Å². The Morgan fingerprint density at radius 2 is 2.21 bits per heavy atom. The Morgan fingerprint density at radius 3 is 2.79 bits per heavy atom. The number of benzene rings is 1. The summed E-state index contributed by atoms with van der Waals surface area (Å²) in [6, 6.07) is 7.80. The molecule has 19 heavy (non-hydrogen) atoms. The SMILES string of the molecule is COCCN=C(NN)N(C)C(C)c1ccccc1Cl. The van der Waals surface area contributed by atoms with Gasteiger partial charge < -0.3 is 9.64 Å². The number of nitrogens with one attached hydrogen (secondary N) is 1. The van der Waals surface area contributed by atoms with E-state index >= 15 is 0 Å². The lowest BCUT2D eigenvalue weighted by Crippen LogP contribution is -2.44. The molecule has 0 aliphatic heterocycles. The van der Waals surface area contributed by atoms with Crippen LogP contribution in [-0.4, -0.2) is 38.2 Å². The topological polar surface area (TPSA) is 62.9 Å². The van der Waals surface area contributed by atoms with E-state index in [9.17, 15) is 0 Å². The highest BCUT2D eigenvalue weighted by Gasteiger charge is 2.17. The molecule has 5 nitrogen and oxygen atoms in total. The maximum atomic E-state index is 6.20. The molecule has 0 aromatic heterocycles. The molecule has 106 valence electrons. The number of nitrogens with zero attached hydrogens (tertiary/aromatic N) is 2. The molecule has 1 aromatic rings. The van der Waals surface area contributed by atoms with Gasteiger partial charge in [0.1, 0.15) is 0 Å². The van der Waals surface area contributed by atoms with Gasteiger partial charge in [0.15, 0.2) is 0 Å². The standard InChI is InChI=1S/C13H21ClN4O/c1-10(11-6-4-5-7-12(11)14)18(2)13(17-15)16-8-9-19-3/h4-7,10H,8-9,15H2,1-3H3,(H,16,17). The second-order valence-corrected chi connectivity index (χ2v) is 4.56. The zero-order valence-electron chi connectivity index (χ0n) is 11.6. The van der Waals surface area contributed by atoms with Gasteiger partial charge in [0, 0.05) is 19.2 Å². The number of hydrogen-bond donors (Lipinski definition) is 2. The lowest BCUT2D eigenvalue weighted by atomic mass is 10.1. The van der Waals surface area contributed by atoms with Gasteiger partial charge in [0.2, 0.25) is 5.96 Å². The minimum atomic E-state index is 0.0612.